The van der Waals surface area contributed by atoms with E-state index in [1.165, 1.54) is 73.7 Å². The third kappa shape index (κ3) is 2.55. The molecule has 0 aromatic carbocycles. The van der Waals surface area contributed by atoms with Crippen LogP contribution >= 0.6 is 11.3 Å². The molecule has 6 rings (SSSR count). The van der Waals surface area contributed by atoms with E-state index < -0.39 is 0 Å². The molecule has 4 aliphatic rings. The molecule has 0 spiro atoms. The summed E-state index contributed by atoms with van der Waals surface area (Å²) in [5.74, 6) is 0.960. The van der Waals surface area contributed by atoms with Crippen molar-refractivity contribution in [2.75, 3.05) is 50.7 Å². The monoisotopic (exact) mass is 328 g/mol. The van der Waals surface area contributed by atoms with Gasteiger partial charge in [0.1, 0.15) is 0 Å². The van der Waals surface area contributed by atoms with Gasteiger partial charge in [-0.25, -0.2) is 0 Å². The first-order valence-corrected chi connectivity index (χ1v) is 9.73. The lowest BCUT2D eigenvalue weighted by Gasteiger charge is -2.51. The molecule has 0 radical (unpaired) electrons. The molecule has 23 heavy (non-hydrogen) atoms. The average Bonchev–Trinajstić information content (AvgIpc) is 3.07. The van der Waals surface area contributed by atoms with Gasteiger partial charge in [-0.3, -0.25) is 9.88 Å². The van der Waals surface area contributed by atoms with Gasteiger partial charge in [-0.05, 0) is 44.0 Å². The molecular formula is C18H24N4S. The van der Waals surface area contributed by atoms with E-state index in [4.69, 9.17) is 0 Å². The number of piperidine rings is 3. The highest BCUT2D eigenvalue weighted by Crippen LogP contribution is 2.34. The van der Waals surface area contributed by atoms with Crippen LogP contribution in [0, 0.1) is 5.92 Å². The van der Waals surface area contributed by atoms with Crippen LogP contribution in [0.5, 0.6) is 0 Å². The number of fused-ring (bicyclic) bond motifs is 4. The minimum atomic E-state index is 0.825. The zero-order valence-electron chi connectivity index (χ0n) is 13.5. The third-order valence-corrected chi connectivity index (χ3v) is 7.20. The lowest BCUT2D eigenvalue weighted by atomic mass is 9.83. The average molecular weight is 328 g/mol. The number of aromatic nitrogens is 1. The topological polar surface area (TPSA) is 22.6 Å². The number of nitrogens with zero attached hydrogens (tertiary/aromatic N) is 4. The number of rotatable bonds is 2. The smallest absolute Gasteiger partial charge is 0.0922 e. The highest BCUT2D eigenvalue weighted by atomic mass is 32.1. The number of hydrogen-bond acceptors (Lipinski definition) is 5. The highest BCUT2D eigenvalue weighted by Gasteiger charge is 2.38. The van der Waals surface area contributed by atoms with Crippen molar-refractivity contribution in [3.63, 3.8) is 0 Å². The van der Waals surface area contributed by atoms with Gasteiger partial charge in [0.05, 0.1) is 5.00 Å². The van der Waals surface area contributed by atoms with E-state index in [1.54, 1.807) is 0 Å². The lowest BCUT2D eigenvalue weighted by Crippen LogP contribution is -2.61. The number of thiophene rings is 1. The van der Waals surface area contributed by atoms with Gasteiger partial charge in [0, 0.05) is 61.2 Å². The van der Waals surface area contributed by atoms with Crippen LogP contribution < -0.4 is 4.90 Å². The van der Waals surface area contributed by atoms with Crippen molar-refractivity contribution in [3.8, 4) is 0 Å². The first-order valence-electron chi connectivity index (χ1n) is 8.92. The maximum atomic E-state index is 4.24. The van der Waals surface area contributed by atoms with Crippen molar-refractivity contribution in [2.45, 2.75) is 18.9 Å². The first-order chi connectivity index (χ1) is 11.4. The van der Waals surface area contributed by atoms with E-state index in [9.17, 15) is 0 Å². The minimum Gasteiger partial charge on any atom is -0.361 e. The van der Waals surface area contributed by atoms with E-state index in [1.807, 2.05) is 23.7 Å². The second-order valence-corrected chi connectivity index (χ2v) is 8.29. The molecule has 2 aromatic heterocycles. The Labute approximate surface area is 141 Å². The molecule has 0 unspecified atom stereocenters. The third-order valence-electron chi connectivity index (χ3n) is 6.02. The Hall–Kier alpha value is -1.17. The summed E-state index contributed by atoms with van der Waals surface area (Å²) in [7, 11) is 0. The summed E-state index contributed by atoms with van der Waals surface area (Å²) in [4.78, 5) is 12.3. The minimum absolute atomic E-state index is 0.825. The second kappa shape index (κ2) is 5.72. The van der Waals surface area contributed by atoms with Crippen molar-refractivity contribution >= 4 is 26.4 Å². The lowest BCUT2D eigenvalue weighted by molar-refractivity contribution is 0.00316. The Morgan fingerprint density at radius 3 is 2.57 bits per heavy atom. The van der Waals surface area contributed by atoms with Crippen LogP contribution in [0.1, 0.15) is 12.8 Å². The fourth-order valence-electron chi connectivity index (χ4n) is 4.65. The number of hydrogen-bond donors (Lipinski definition) is 0. The Morgan fingerprint density at radius 1 is 1.04 bits per heavy atom. The summed E-state index contributed by atoms with van der Waals surface area (Å²) in [6.45, 7) is 8.79. The number of pyridine rings is 1. The summed E-state index contributed by atoms with van der Waals surface area (Å²) in [6.07, 6.45) is 6.73. The highest BCUT2D eigenvalue weighted by molar-refractivity contribution is 7.22. The summed E-state index contributed by atoms with van der Waals surface area (Å²) in [6, 6.07) is 5.27. The molecule has 2 bridgehead atoms. The largest absolute Gasteiger partial charge is 0.361 e. The van der Waals surface area contributed by atoms with Gasteiger partial charge in [-0.2, -0.15) is 0 Å². The van der Waals surface area contributed by atoms with Gasteiger partial charge in [-0.1, -0.05) is 0 Å². The Bertz CT molecular complexity index is 650. The van der Waals surface area contributed by atoms with Gasteiger partial charge in [0.2, 0.25) is 0 Å². The van der Waals surface area contributed by atoms with E-state index in [2.05, 4.69) is 31.8 Å². The van der Waals surface area contributed by atoms with Crippen LogP contribution in [-0.4, -0.2) is 66.6 Å². The van der Waals surface area contributed by atoms with Crippen LogP contribution in [0.15, 0.2) is 24.5 Å². The van der Waals surface area contributed by atoms with Crippen molar-refractivity contribution in [1.82, 2.24) is 14.8 Å². The molecule has 4 saturated heterocycles. The molecule has 0 N–H and O–H groups in total. The van der Waals surface area contributed by atoms with E-state index in [0.29, 0.717) is 0 Å². The molecule has 122 valence electrons. The van der Waals surface area contributed by atoms with Gasteiger partial charge in [0.25, 0.3) is 0 Å². The van der Waals surface area contributed by atoms with Crippen LogP contribution in [-0.2, 0) is 0 Å². The fraction of sp³-hybridized carbons (Fsp3) is 0.611. The summed E-state index contributed by atoms with van der Waals surface area (Å²) >= 11 is 1.91. The van der Waals surface area contributed by atoms with Gasteiger partial charge in [0.15, 0.2) is 0 Å². The van der Waals surface area contributed by atoms with Gasteiger partial charge in [-0.15, -0.1) is 11.3 Å². The molecule has 4 aliphatic heterocycles. The molecule has 6 heterocycles. The molecule has 5 heteroatoms. The van der Waals surface area contributed by atoms with E-state index >= 15 is 0 Å². The fourth-order valence-corrected chi connectivity index (χ4v) is 5.73. The summed E-state index contributed by atoms with van der Waals surface area (Å²) in [5.41, 5.74) is 0. The Kier molecular flexibility index (Phi) is 3.53. The van der Waals surface area contributed by atoms with Crippen molar-refractivity contribution in [2.24, 2.45) is 5.92 Å². The zero-order chi connectivity index (χ0) is 15.2. The molecule has 0 saturated carbocycles. The predicted octanol–water partition coefficient (Wildman–Crippen LogP) is 2.51. The quantitative estimate of drug-likeness (QED) is 0.845. The number of piperazine rings is 1. The van der Waals surface area contributed by atoms with Crippen LogP contribution in [0.2, 0.25) is 0 Å². The van der Waals surface area contributed by atoms with E-state index in [-0.39, 0.29) is 0 Å². The second-order valence-electron chi connectivity index (χ2n) is 7.23. The summed E-state index contributed by atoms with van der Waals surface area (Å²) < 4.78 is 1.36. The molecule has 4 nitrogen and oxygen atoms in total. The SMILES string of the molecule is c1cc2sc(N3CCN([C@H]4CN5CCC4CC5)CC3)cc2cn1. The normalized spacial score (nSPS) is 31.8. The van der Waals surface area contributed by atoms with Crippen LogP contribution in [0.25, 0.3) is 10.1 Å². The molecule has 0 aliphatic carbocycles. The maximum Gasteiger partial charge on any atom is 0.0922 e. The first kappa shape index (κ1) is 14.2. The zero-order valence-corrected chi connectivity index (χ0v) is 14.3. The molecule has 4 fully saturated rings. The summed E-state index contributed by atoms with van der Waals surface area (Å²) in [5, 5.41) is 2.70. The Balaban J connectivity index is 1.27. The molecule has 2 aromatic rings. The van der Waals surface area contributed by atoms with Crippen molar-refractivity contribution in [3.05, 3.63) is 24.5 Å². The van der Waals surface area contributed by atoms with Crippen LogP contribution in [0.4, 0.5) is 5.00 Å². The van der Waals surface area contributed by atoms with Gasteiger partial charge >= 0.3 is 0 Å². The van der Waals surface area contributed by atoms with Crippen molar-refractivity contribution in [1.29, 1.82) is 0 Å². The molecular weight excluding hydrogens is 304 g/mol. The maximum absolute atomic E-state index is 4.24. The Morgan fingerprint density at radius 2 is 1.87 bits per heavy atom. The predicted molar refractivity (Wildman–Crippen MR) is 96.4 cm³/mol. The molecule has 1 atom stereocenters. The standard InChI is InChI=1S/C18H24N4S/c1-4-19-12-15-11-18(23-17(1)15)22-9-7-21(8-10-22)16-13-20-5-2-14(16)3-6-20/h1,4,11-12,14,16H,2-3,5-10,13H2/t16-/m0/s1. The van der Waals surface area contributed by atoms with E-state index in [0.717, 1.165) is 12.0 Å². The van der Waals surface area contributed by atoms with Crippen molar-refractivity contribution < 1.29 is 0 Å². The van der Waals surface area contributed by atoms with Gasteiger partial charge < -0.3 is 9.80 Å². The van der Waals surface area contributed by atoms with Crippen LogP contribution in [0.3, 0.4) is 0 Å². The molecule has 0 amide bonds. The number of anilines is 1.